The summed E-state index contributed by atoms with van der Waals surface area (Å²) >= 11 is 0. The van der Waals surface area contributed by atoms with Gasteiger partial charge in [0.2, 0.25) is 0 Å². The maximum Gasteiger partial charge on any atom is 0.272 e. The van der Waals surface area contributed by atoms with Crippen LogP contribution in [-0.4, -0.2) is 20.9 Å². The number of ether oxygens (including phenoxy) is 1. The van der Waals surface area contributed by atoms with Crippen LogP contribution in [0.2, 0.25) is 0 Å². The summed E-state index contributed by atoms with van der Waals surface area (Å²) in [6.45, 7) is 3.29. The van der Waals surface area contributed by atoms with Gasteiger partial charge >= 0.3 is 0 Å². The molecule has 0 saturated heterocycles. The van der Waals surface area contributed by atoms with E-state index in [9.17, 15) is 22.0 Å². The molecule has 0 radical (unpaired) electrons. The van der Waals surface area contributed by atoms with Crippen LogP contribution in [0.15, 0.2) is 41.3 Å². The van der Waals surface area contributed by atoms with Gasteiger partial charge in [-0.05, 0) is 49.2 Å². The Bertz CT molecular complexity index is 881. The maximum absolute atomic E-state index is 13.5. The molecule has 0 fully saturated rings. The maximum atomic E-state index is 13.5. The molecule has 0 atom stereocenters. The van der Waals surface area contributed by atoms with E-state index in [0.29, 0.717) is 11.8 Å². The van der Waals surface area contributed by atoms with Gasteiger partial charge in [0.25, 0.3) is 15.9 Å². The number of hydrazine groups is 1. The molecule has 2 aromatic carbocycles. The molecule has 0 spiro atoms. The van der Waals surface area contributed by atoms with Crippen LogP contribution in [0, 0.1) is 25.5 Å². The van der Waals surface area contributed by atoms with E-state index in [1.54, 1.807) is 17.0 Å². The van der Waals surface area contributed by atoms with Gasteiger partial charge in [0.15, 0.2) is 6.61 Å². The Kier molecular flexibility index (Phi) is 5.70. The third-order valence-corrected chi connectivity index (χ3v) is 4.35. The number of nitrogens with one attached hydrogen (secondary N) is 2. The van der Waals surface area contributed by atoms with Crippen molar-refractivity contribution in [2.75, 3.05) is 6.61 Å². The summed E-state index contributed by atoms with van der Waals surface area (Å²) in [6, 6.07) is 7.35. The minimum absolute atomic E-state index is 0.430. The summed E-state index contributed by atoms with van der Waals surface area (Å²) in [7, 11) is -4.38. The average molecular weight is 370 g/mol. The number of carbonyl (C=O) groups excluding carboxylic acids is 1. The quantitative estimate of drug-likeness (QED) is 0.762. The highest BCUT2D eigenvalue weighted by Gasteiger charge is 2.20. The molecule has 0 heterocycles. The molecule has 2 rings (SSSR count). The Labute approximate surface area is 143 Å². The molecule has 0 unspecified atom stereocenters. The molecule has 2 aromatic rings. The third kappa shape index (κ3) is 5.23. The Balaban J connectivity index is 1.94. The number of hydrogen-bond donors (Lipinski definition) is 2. The van der Waals surface area contributed by atoms with Gasteiger partial charge in [-0.1, -0.05) is 6.07 Å². The molecule has 9 heteroatoms. The van der Waals surface area contributed by atoms with E-state index >= 15 is 0 Å². The normalized spacial score (nSPS) is 11.2. The zero-order valence-electron chi connectivity index (χ0n) is 13.5. The van der Waals surface area contributed by atoms with Gasteiger partial charge in [0.05, 0.1) is 0 Å². The van der Waals surface area contributed by atoms with Gasteiger partial charge < -0.3 is 4.74 Å². The highest BCUT2D eigenvalue weighted by molar-refractivity contribution is 7.89. The second-order valence-electron chi connectivity index (χ2n) is 5.34. The number of aryl methyl sites for hydroxylation is 2. The monoisotopic (exact) mass is 370 g/mol. The van der Waals surface area contributed by atoms with Gasteiger partial charge in [-0.25, -0.2) is 17.2 Å². The van der Waals surface area contributed by atoms with E-state index in [1.807, 2.05) is 25.3 Å². The lowest BCUT2D eigenvalue weighted by molar-refractivity contribution is -0.123. The van der Waals surface area contributed by atoms with E-state index < -0.39 is 39.1 Å². The van der Waals surface area contributed by atoms with Crippen LogP contribution < -0.4 is 15.0 Å². The summed E-state index contributed by atoms with van der Waals surface area (Å²) in [5, 5.41) is 0. The lowest BCUT2D eigenvalue weighted by Crippen LogP contribution is -2.44. The Morgan fingerprint density at radius 2 is 1.72 bits per heavy atom. The lowest BCUT2D eigenvalue weighted by atomic mass is 10.1. The molecule has 1 amide bonds. The van der Waals surface area contributed by atoms with E-state index in [4.69, 9.17) is 4.74 Å². The summed E-state index contributed by atoms with van der Waals surface area (Å²) in [4.78, 5) is 12.6. The number of carbonyl (C=O) groups is 1. The summed E-state index contributed by atoms with van der Waals surface area (Å²) in [5.74, 6) is -2.51. The van der Waals surface area contributed by atoms with Crippen molar-refractivity contribution in [2.24, 2.45) is 0 Å². The van der Waals surface area contributed by atoms with Gasteiger partial charge in [0, 0.05) is 6.07 Å². The Morgan fingerprint density at radius 1 is 1.08 bits per heavy atom. The van der Waals surface area contributed by atoms with Gasteiger partial charge in [-0.2, -0.15) is 0 Å². The number of sulfonamides is 1. The molecular formula is C16H16F2N2O4S. The van der Waals surface area contributed by atoms with E-state index in [0.717, 1.165) is 23.3 Å². The topological polar surface area (TPSA) is 84.5 Å². The SMILES string of the molecule is Cc1cc(C)cc(OCC(=O)NNS(=O)(=O)c2ccc(F)cc2F)c1. The number of amides is 1. The molecule has 134 valence electrons. The van der Waals surface area contributed by atoms with E-state index in [1.165, 1.54) is 0 Å². The lowest BCUT2D eigenvalue weighted by Gasteiger charge is -2.11. The average Bonchev–Trinajstić information content (AvgIpc) is 2.49. The van der Waals surface area contributed by atoms with Crippen LogP contribution in [-0.2, 0) is 14.8 Å². The molecule has 0 aliphatic carbocycles. The van der Waals surface area contributed by atoms with Crippen molar-refractivity contribution >= 4 is 15.9 Å². The van der Waals surface area contributed by atoms with E-state index in [-0.39, 0.29) is 0 Å². The Morgan fingerprint density at radius 3 is 2.32 bits per heavy atom. The molecule has 2 N–H and O–H groups in total. The molecule has 25 heavy (non-hydrogen) atoms. The van der Waals surface area contributed by atoms with Crippen LogP contribution in [0.5, 0.6) is 5.75 Å². The van der Waals surface area contributed by atoms with Crippen LogP contribution in [0.1, 0.15) is 11.1 Å². The van der Waals surface area contributed by atoms with Crippen molar-refractivity contribution in [2.45, 2.75) is 18.7 Å². The third-order valence-electron chi connectivity index (χ3n) is 3.07. The van der Waals surface area contributed by atoms with Gasteiger partial charge in [-0.15, -0.1) is 4.83 Å². The fourth-order valence-electron chi connectivity index (χ4n) is 2.07. The molecular weight excluding hydrogens is 354 g/mol. The van der Waals surface area contributed by atoms with Crippen molar-refractivity contribution in [3.05, 3.63) is 59.2 Å². The number of hydrogen-bond acceptors (Lipinski definition) is 4. The molecule has 0 bridgehead atoms. The fraction of sp³-hybridized carbons (Fsp3) is 0.188. The van der Waals surface area contributed by atoms with Crippen LogP contribution in [0.3, 0.4) is 0 Å². The Hall–Kier alpha value is -2.52. The molecule has 6 nitrogen and oxygen atoms in total. The first kappa shape index (κ1) is 18.8. The first-order valence-corrected chi connectivity index (χ1v) is 8.62. The van der Waals surface area contributed by atoms with Crippen LogP contribution in [0.4, 0.5) is 8.78 Å². The number of benzene rings is 2. The zero-order chi connectivity index (χ0) is 18.6. The molecule has 0 aliphatic rings. The smallest absolute Gasteiger partial charge is 0.272 e. The van der Waals surface area contributed by atoms with Gasteiger partial charge in [-0.3, -0.25) is 10.2 Å². The van der Waals surface area contributed by atoms with Crippen LogP contribution >= 0.6 is 0 Å². The fourth-order valence-corrected chi connectivity index (χ4v) is 2.99. The molecule has 0 aliphatic heterocycles. The first-order valence-electron chi connectivity index (χ1n) is 7.14. The standard InChI is InChI=1S/C16H16F2N2O4S/c1-10-5-11(2)7-13(6-10)24-9-16(21)19-20-25(22,23)15-4-3-12(17)8-14(15)18/h3-8,20H,9H2,1-2H3,(H,19,21). The van der Waals surface area contributed by atoms with Gasteiger partial charge in [0.1, 0.15) is 22.3 Å². The second-order valence-corrected chi connectivity index (χ2v) is 6.99. The van der Waals surface area contributed by atoms with Crippen molar-refractivity contribution in [1.29, 1.82) is 0 Å². The van der Waals surface area contributed by atoms with Crippen molar-refractivity contribution in [3.63, 3.8) is 0 Å². The minimum Gasteiger partial charge on any atom is -0.484 e. The van der Waals surface area contributed by atoms with E-state index in [2.05, 4.69) is 0 Å². The highest BCUT2D eigenvalue weighted by Crippen LogP contribution is 2.16. The number of halogens is 2. The number of rotatable bonds is 6. The van der Waals surface area contributed by atoms with Crippen molar-refractivity contribution < 1.29 is 26.7 Å². The minimum atomic E-state index is -4.38. The highest BCUT2D eigenvalue weighted by atomic mass is 32.2. The predicted molar refractivity (Wildman–Crippen MR) is 86.2 cm³/mol. The molecule has 0 aromatic heterocycles. The van der Waals surface area contributed by atoms with Crippen molar-refractivity contribution in [1.82, 2.24) is 10.3 Å². The summed E-state index contributed by atoms with van der Waals surface area (Å²) in [6.07, 6.45) is 0. The zero-order valence-corrected chi connectivity index (χ0v) is 14.3. The largest absolute Gasteiger partial charge is 0.484 e. The second kappa shape index (κ2) is 7.58. The van der Waals surface area contributed by atoms with Crippen LogP contribution in [0.25, 0.3) is 0 Å². The summed E-state index contributed by atoms with van der Waals surface area (Å²) in [5.41, 5.74) is 3.79. The summed E-state index contributed by atoms with van der Waals surface area (Å²) < 4.78 is 55.4. The first-order chi connectivity index (χ1) is 11.7. The van der Waals surface area contributed by atoms with Crippen molar-refractivity contribution in [3.8, 4) is 5.75 Å². The molecule has 0 saturated carbocycles. The predicted octanol–water partition coefficient (Wildman–Crippen LogP) is 1.97.